The molecular weight excluding hydrogens is 315 g/mol. The number of sulfonamides is 1. The third kappa shape index (κ3) is 2.81. The number of fused-ring (bicyclic) bond motifs is 2. The molecule has 1 aromatic rings. The SMILES string of the molecule is O=S(=O)(c1ccc(F)cc1)N1CCN([C@H]2C[C@@H]3CC[C@H]2C3)CC1. The zero-order valence-electron chi connectivity index (χ0n) is 13.2. The van der Waals surface area contributed by atoms with Gasteiger partial charge in [0.1, 0.15) is 5.82 Å². The van der Waals surface area contributed by atoms with Crippen molar-refractivity contribution in [3.63, 3.8) is 0 Å². The van der Waals surface area contributed by atoms with Crippen LogP contribution in [0.3, 0.4) is 0 Å². The van der Waals surface area contributed by atoms with E-state index < -0.39 is 15.8 Å². The largest absolute Gasteiger partial charge is 0.297 e. The first-order valence-corrected chi connectivity index (χ1v) is 9.98. The third-order valence-corrected chi connectivity index (χ3v) is 7.81. The molecule has 0 aromatic heterocycles. The van der Waals surface area contributed by atoms with Gasteiger partial charge in [0.25, 0.3) is 0 Å². The lowest BCUT2D eigenvalue weighted by atomic mass is 9.93. The molecule has 1 saturated heterocycles. The van der Waals surface area contributed by atoms with Gasteiger partial charge < -0.3 is 0 Å². The highest BCUT2D eigenvalue weighted by molar-refractivity contribution is 7.89. The number of rotatable bonds is 3. The van der Waals surface area contributed by atoms with E-state index in [1.165, 1.54) is 49.9 Å². The second kappa shape index (κ2) is 5.83. The van der Waals surface area contributed by atoms with E-state index in [1.807, 2.05) is 0 Å². The van der Waals surface area contributed by atoms with Crippen LogP contribution < -0.4 is 0 Å². The van der Waals surface area contributed by atoms with Gasteiger partial charge in [-0.2, -0.15) is 4.31 Å². The molecule has 0 unspecified atom stereocenters. The second-order valence-corrected chi connectivity index (χ2v) is 9.07. The smallest absolute Gasteiger partial charge is 0.243 e. The molecule has 4 nitrogen and oxygen atoms in total. The molecule has 2 saturated carbocycles. The lowest BCUT2D eigenvalue weighted by molar-refractivity contribution is 0.101. The maximum absolute atomic E-state index is 13.0. The van der Waals surface area contributed by atoms with Gasteiger partial charge in [-0.1, -0.05) is 6.42 Å². The molecular formula is C17H23FN2O2S. The molecule has 3 aliphatic rings. The predicted molar refractivity (Wildman–Crippen MR) is 86.0 cm³/mol. The Morgan fingerprint density at radius 3 is 2.22 bits per heavy atom. The number of piperazine rings is 1. The summed E-state index contributed by atoms with van der Waals surface area (Å²) in [7, 11) is -3.50. The van der Waals surface area contributed by atoms with E-state index in [1.54, 1.807) is 4.31 Å². The Morgan fingerprint density at radius 1 is 0.957 bits per heavy atom. The Labute approximate surface area is 137 Å². The molecule has 0 spiro atoms. The van der Waals surface area contributed by atoms with Crippen LogP contribution in [0, 0.1) is 17.7 Å². The molecule has 1 aromatic carbocycles. The van der Waals surface area contributed by atoms with Gasteiger partial charge in [-0.15, -0.1) is 0 Å². The summed E-state index contributed by atoms with van der Waals surface area (Å²) in [6, 6.07) is 5.79. The van der Waals surface area contributed by atoms with E-state index in [2.05, 4.69) is 4.90 Å². The van der Waals surface area contributed by atoms with Crippen molar-refractivity contribution in [1.29, 1.82) is 0 Å². The van der Waals surface area contributed by atoms with Gasteiger partial charge in [0.2, 0.25) is 10.0 Å². The number of hydrogen-bond acceptors (Lipinski definition) is 3. The first-order valence-electron chi connectivity index (χ1n) is 8.54. The van der Waals surface area contributed by atoms with Crippen molar-refractivity contribution in [2.75, 3.05) is 26.2 Å². The fourth-order valence-corrected chi connectivity index (χ4v) is 6.11. The predicted octanol–water partition coefficient (Wildman–Crippen LogP) is 2.32. The Morgan fingerprint density at radius 2 is 1.65 bits per heavy atom. The molecule has 2 aliphatic carbocycles. The molecule has 1 heterocycles. The lowest BCUT2D eigenvalue weighted by Gasteiger charge is -2.40. The average Bonchev–Trinajstić information content (AvgIpc) is 3.18. The van der Waals surface area contributed by atoms with Crippen molar-refractivity contribution in [2.24, 2.45) is 11.8 Å². The fourth-order valence-electron chi connectivity index (χ4n) is 4.69. The quantitative estimate of drug-likeness (QED) is 0.849. The summed E-state index contributed by atoms with van der Waals surface area (Å²) in [6.45, 7) is 2.70. The van der Waals surface area contributed by atoms with E-state index in [0.717, 1.165) is 24.9 Å². The number of halogens is 1. The lowest BCUT2D eigenvalue weighted by Crippen LogP contribution is -2.53. The van der Waals surface area contributed by atoms with E-state index in [-0.39, 0.29) is 4.90 Å². The van der Waals surface area contributed by atoms with E-state index in [9.17, 15) is 12.8 Å². The molecule has 0 radical (unpaired) electrons. The summed E-state index contributed by atoms with van der Waals surface area (Å²) < 4.78 is 39.8. The minimum atomic E-state index is -3.50. The van der Waals surface area contributed by atoms with Crippen LogP contribution >= 0.6 is 0 Å². The standard InChI is InChI=1S/C17H23FN2O2S/c18-15-3-5-16(6-4-15)23(21,22)20-9-7-19(8-10-20)17-12-13-1-2-14(17)11-13/h3-6,13-14,17H,1-2,7-12H2/t13-,14+,17+/m1/s1. The molecule has 1 aliphatic heterocycles. The number of benzene rings is 1. The van der Waals surface area contributed by atoms with Gasteiger partial charge in [0, 0.05) is 32.2 Å². The van der Waals surface area contributed by atoms with Crippen LogP contribution in [0.5, 0.6) is 0 Å². The fraction of sp³-hybridized carbons (Fsp3) is 0.647. The zero-order chi connectivity index (χ0) is 16.0. The first-order chi connectivity index (χ1) is 11.0. The van der Waals surface area contributed by atoms with E-state index in [4.69, 9.17) is 0 Å². The summed E-state index contributed by atoms with van der Waals surface area (Å²) in [6.07, 6.45) is 5.41. The third-order valence-electron chi connectivity index (χ3n) is 5.89. The minimum Gasteiger partial charge on any atom is -0.297 e. The monoisotopic (exact) mass is 338 g/mol. The summed E-state index contributed by atoms with van der Waals surface area (Å²) >= 11 is 0. The van der Waals surface area contributed by atoms with Crippen LogP contribution in [0.15, 0.2) is 29.2 Å². The van der Waals surface area contributed by atoms with Crippen molar-refractivity contribution in [3.05, 3.63) is 30.1 Å². The van der Waals surface area contributed by atoms with Crippen LogP contribution in [0.4, 0.5) is 4.39 Å². The molecule has 0 amide bonds. The summed E-state index contributed by atoms with van der Waals surface area (Å²) in [4.78, 5) is 2.69. The molecule has 3 fully saturated rings. The number of nitrogens with zero attached hydrogens (tertiary/aromatic N) is 2. The number of hydrogen-bond donors (Lipinski definition) is 0. The molecule has 3 atom stereocenters. The molecule has 6 heteroatoms. The van der Waals surface area contributed by atoms with E-state index in [0.29, 0.717) is 19.1 Å². The van der Waals surface area contributed by atoms with Gasteiger partial charge in [0.15, 0.2) is 0 Å². The summed E-state index contributed by atoms with van der Waals surface area (Å²) in [5.74, 6) is 1.33. The van der Waals surface area contributed by atoms with Crippen molar-refractivity contribution < 1.29 is 12.8 Å². The molecule has 23 heavy (non-hydrogen) atoms. The highest BCUT2D eigenvalue weighted by Crippen LogP contribution is 2.46. The van der Waals surface area contributed by atoms with Crippen molar-refractivity contribution >= 4 is 10.0 Å². The van der Waals surface area contributed by atoms with Crippen LogP contribution in [-0.4, -0.2) is 49.8 Å². The Kier molecular flexibility index (Phi) is 3.94. The van der Waals surface area contributed by atoms with Crippen LogP contribution in [0.25, 0.3) is 0 Å². The van der Waals surface area contributed by atoms with Crippen molar-refractivity contribution in [2.45, 2.75) is 36.6 Å². The van der Waals surface area contributed by atoms with Crippen LogP contribution in [-0.2, 0) is 10.0 Å². The zero-order valence-corrected chi connectivity index (χ0v) is 14.0. The van der Waals surface area contributed by atoms with Gasteiger partial charge in [-0.3, -0.25) is 4.90 Å². The van der Waals surface area contributed by atoms with Gasteiger partial charge >= 0.3 is 0 Å². The van der Waals surface area contributed by atoms with Gasteiger partial charge in [0.05, 0.1) is 4.90 Å². The van der Waals surface area contributed by atoms with Crippen LogP contribution in [0.1, 0.15) is 25.7 Å². The normalized spacial score (nSPS) is 32.5. The molecule has 4 rings (SSSR count). The first kappa shape index (κ1) is 15.5. The summed E-state index contributed by atoms with van der Waals surface area (Å²) in [5.41, 5.74) is 0. The molecule has 0 N–H and O–H groups in total. The van der Waals surface area contributed by atoms with Gasteiger partial charge in [-0.25, -0.2) is 12.8 Å². The van der Waals surface area contributed by atoms with Crippen molar-refractivity contribution in [1.82, 2.24) is 9.21 Å². The molecule has 126 valence electrons. The summed E-state index contributed by atoms with van der Waals surface area (Å²) in [5, 5.41) is 0. The minimum absolute atomic E-state index is 0.187. The average molecular weight is 338 g/mol. The Hall–Kier alpha value is -0.980. The van der Waals surface area contributed by atoms with Gasteiger partial charge in [-0.05, 0) is 55.4 Å². The maximum Gasteiger partial charge on any atom is 0.243 e. The van der Waals surface area contributed by atoms with E-state index >= 15 is 0 Å². The van der Waals surface area contributed by atoms with Crippen LogP contribution in [0.2, 0.25) is 0 Å². The molecule has 2 bridgehead atoms. The second-order valence-electron chi connectivity index (χ2n) is 7.14. The van der Waals surface area contributed by atoms with Crippen molar-refractivity contribution in [3.8, 4) is 0 Å². The Bertz CT molecular complexity index is 668. The topological polar surface area (TPSA) is 40.6 Å². The maximum atomic E-state index is 13.0. The highest BCUT2D eigenvalue weighted by Gasteiger charge is 2.43. The Balaban J connectivity index is 1.42. The highest BCUT2D eigenvalue weighted by atomic mass is 32.2.